The molecule has 0 aliphatic rings. The van der Waals surface area contributed by atoms with Gasteiger partial charge in [0, 0.05) is 5.18 Å². The summed E-state index contributed by atoms with van der Waals surface area (Å²) in [5.41, 5.74) is -3.71. The highest BCUT2D eigenvalue weighted by Gasteiger charge is 2.59. The third-order valence-corrected chi connectivity index (χ3v) is 1.91. The highest BCUT2D eigenvalue weighted by atomic mass is 79.9. The number of halogens is 4. The van der Waals surface area contributed by atoms with Crippen molar-refractivity contribution in [2.45, 2.75) is 11.8 Å². The first kappa shape index (κ1) is 11.5. The lowest BCUT2D eigenvalue weighted by Gasteiger charge is -2.23. The molecule has 1 amide bonds. The van der Waals surface area contributed by atoms with Gasteiger partial charge in [-0.3, -0.25) is 4.79 Å². The smallest absolute Gasteiger partial charge is 0.372 e. The fraction of sp³-hybridized carbons (Fsp3) is 0.750. The molecule has 1 N–H and O–H groups in total. The summed E-state index contributed by atoms with van der Waals surface area (Å²) in [7, 11) is 0. The van der Waals surface area contributed by atoms with Gasteiger partial charge in [0.2, 0.25) is 0 Å². The molecule has 0 aromatic heterocycles. The Morgan fingerprint density at radius 1 is 1.50 bits per heavy atom. The maximum absolute atomic E-state index is 11.8. The molecule has 0 aromatic rings. The Hall–Kier alpha value is -0.500. The molecular weight excluding hydrogens is 247 g/mol. The summed E-state index contributed by atoms with van der Waals surface area (Å²) in [5.74, 6) is -2.16. The summed E-state index contributed by atoms with van der Waals surface area (Å²) < 4.78 is 35.5. The number of nitrogens with zero attached hydrogens (tertiary/aromatic N) is 1. The van der Waals surface area contributed by atoms with Gasteiger partial charge < -0.3 is 5.11 Å². The van der Waals surface area contributed by atoms with Crippen molar-refractivity contribution in [3.05, 3.63) is 4.91 Å². The standard InChI is InChI=1S/C4H3BrF3NO3/c5-1-3(11,2(10)9-12)4(6,7)8/h11H,1H2. The number of hydrogen-bond acceptors (Lipinski definition) is 3. The Kier molecular flexibility index (Phi) is 3.34. The molecule has 12 heavy (non-hydrogen) atoms. The SMILES string of the molecule is O=NC(=O)C(O)(CBr)C(F)(F)F. The topological polar surface area (TPSA) is 66.7 Å². The molecule has 0 bridgehead atoms. The van der Waals surface area contributed by atoms with E-state index in [1.54, 1.807) is 0 Å². The predicted molar refractivity (Wildman–Crippen MR) is 35.6 cm³/mol. The zero-order valence-electron chi connectivity index (χ0n) is 5.43. The van der Waals surface area contributed by atoms with E-state index in [0.29, 0.717) is 0 Å². The number of amides is 1. The van der Waals surface area contributed by atoms with Crippen LogP contribution in [0.4, 0.5) is 13.2 Å². The van der Waals surface area contributed by atoms with Crippen molar-refractivity contribution in [2.24, 2.45) is 5.18 Å². The number of carbonyl (C=O) groups is 1. The van der Waals surface area contributed by atoms with Gasteiger partial charge in [-0.25, -0.2) is 0 Å². The van der Waals surface area contributed by atoms with Crippen LogP contribution in [0, 0.1) is 4.91 Å². The van der Waals surface area contributed by atoms with Crippen molar-refractivity contribution in [1.29, 1.82) is 0 Å². The van der Waals surface area contributed by atoms with Crippen LogP contribution in [0.5, 0.6) is 0 Å². The van der Waals surface area contributed by atoms with Gasteiger partial charge in [-0.05, 0) is 0 Å². The molecule has 0 heterocycles. The van der Waals surface area contributed by atoms with E-state index in [2.05, 4.69) is 15.9 Å². The highest BCUT2D eigenvalue weighted by molar-refractivity contribution is 9.09. The molecule has 0 aromatic carbocycles. The number of hydrogen-bond donors (Lipinski definition) is 1. The van der Waals surface area contributed by atoms with Gasteiger partial charge >= 0.3 is 12.1 Å². The van der Waals surface area contributed by atoms with Gasteiger partial charge in [0.15, 0.2) is 0 Å². The summed E-state index contributed by atoms with van der Waals surface area (Å²) in [4.78, 5) is 19.7. The van der Waals surface area contributed by atoms with E-state index in [0.717, 1.165) is 0 Å². The van der Waals surface area contributed by atoms with Crippen LogP contribution in [0.2, 0.25) is 0 Å². The van der Waals surface area contributed by atoms with Crippen LogP contribution in [0.3, 0.4) is 0 Å². The fourth-order valence-electron chi connectivity index (χ4n) is 0.330. The van der Waals surface area contributed by atoms with Crippen molar-refractivity contribution >= 4 is 21.8 Å². The Morgan fingerprint density at radius 2 is 1.92 bits per heavy atom. The maximum Gasteiger partial charge on any atom is 0.427 e. The molecule has 8 heteroatoms. The first-order valence-electron chi connectivity index (χ1n) is 2.52. The van der Waals surface area contributed by atoms with Crippen LogP contribution in [0.1, 0.15) is 0 Å². The Morgan fingerprint density at radius 3 is 2.00 bits per heavy atom. The molecule has 0 saturated heterocycles. The molecule has 0 aliphatic heterocycles. The van der Waals surface area contributed by atoms with Crippen molar-refractivity contribution < 1.29 is 23.1 Å². The monoisotopic (exact) mass is 249 g/mol. The predicted octanol–water partition coefficient (Wildman–Crippen LogP) is 0.968. The molecule has 4 nitrogen and oxygen atoms in total. The molecule has 0 fully saturated rings. The lowest BCUT2D eigenvalue weighted by atomic mass is 10.1. The molecule has 70 valence electrons. The van der Waals surface area contributed by atoms with Gasteiger partial charge in [0.1, 0.15) is 0 Å². The van der Waals surface area contributed by atoms with Crippen molar-refractivity contribution in [1.82, 2.24) is 0 Å². The second-order valence-corrected chi connectivity index (χ2v) is 2.45. The quantitative estimate of drug-likeness (QED) is 0.586. The second-order valence-electron chi connectivity index (χ2n) is 1.89. The van der Waals surface area contributed by atoms with Gasteiger partial charge in [0.25, 0.3) is 5.60 Å². The Balaban J connectivity index is 4.93. The molecule has 0 saturated carbocycles. The van der Waals surface area contributed by atoms with Crippen LogP contribution in [-0.4, -0.2) is 28.1 Å². The zero-order valence-corrected chi connectivity index (χ0v) is 7.02. The van der Waals surface area contributed by atoms with Crippen molar-refractivity contribution in [3.63, 3.8) is 0 Å². The third kappa shape index (κ3) is 1.81. The van der Waals surface area contributed by atoms with E-state index in [-0.39, 0.29) is 0 Å². The summed E-state index contributed by atoms with van der Waals surface area (Å²) in [6.07, 6.45) is -5.21. The molecule has 0 radical (unpaired) electrons. The largest absolute Gasteiger partial charge is 0.427 e. The first-order valence-corrected chi connectivity index (χ1v) is 3.64. The lowest BCUT2D eigenvalue weighted by Crippen LogP contribution is -2.52. The van der Waals surface area contributed by atoms with E-state index in [9.17, 15) is 22.9 Å². The van der Waals surface area contributed by atoms with E-state index in [4.69, 9.17) is 5.11 Å². The summed E-state index contributed by atoms with van der Waals surface area (Å²) in [6.45, 7) is 0. The fourth-order valence-corrected chi connectivity index (χ4v) is 0.887. The van der Waals surface area contributed by atoms with Gasteiger partial charge in [-0.2, -0.15) is 13.2 Å². The lowest BCUT2D eigenvalue weighted by molar-refractivity contribution is -0.241. The minimum absolute atomic E-state index is 1.12. The maximum atomic E-state index is 11.8. The Bertz CT molecular complexity index is 206. The van der Waals surface area contributed by atoms with Gasteiger partial charge in [0.05, 0.1) is 5.33 Å². The molecule has 0 spiro atoms. The van der Waals surface area contributed by atoms with Crippen LogP contribution in [0.25, 0.3) is 0 Å². The average molecular weight is 250 g/mol. The van der Waals surface area contributed by atoms with E-state index < -0.39 is 23.0 Å². The summed E-state index contributed by atoms with van der Waals surface area (Å²) >= 11 is 2.26. The summed E-state index contributed by atoms with van der Waals surface area (Å²) in [5, 5.41) is 9.00. The number of carbonyl (C=O) groups excluding carboxylic acids is 1. The molecule has 1 unspecified atom stereocenters. The third-order valence-electron chi connectivity index (χ3n) is 1.10. The molecule has 0 rings (SSSR count). The normalized spacial score (nSPS) is 16.8. The zero-order chi connectivity index (χ0) is 9.99. The van der Waals surface area contributed by atoms with Crippen LogP contribution < -0.4 is 0 Å². The molecular formula is C4H3BrF3NO3. The average Bonchev–Trinajstić information content (AvgIpc) is 1.99. The second kappa shape index (κ2) is 3.48. The van der Waals surface area contributed by atoms with E-state index in [1.807, 2.05) is 0 Å². The molecule has 0 aliphatic carbocycles. The van der Waals surface area contributed by atoms with Crippen LogP contribution >= 0.6 is 15.9 Å². The number of rotatable bonds is 2. The summed E-state index contributed by atoms with van der Waals surface area (Å²) in [6, 6.07) is 0. The van der Waals surface area contributed by atoms with Crippen LogP contribution in [-0.2, 0) is 4.79 Å². The number of alkyl halides is 4. The van der Waals surface area contributed by atoms with Crippen LogP contribution in [0.15, 0.2) is 5.18 Å². The highest BCUT2D eigenvalue weighted by Crippen LogP contribution is 2.32. The van der Waals surface area contributed by atoms with E-state index >= 15 is 0 Å². The minimum atomic E-state index is -5.21. The minimum Gasteiger partial charge on any atom is -0.372 e. The van der Waals surface area contributed by atoms with Gasteiger partial charge in [-0.1, -0.05) is 15.9 Å². The van der Waals surface area contributed by atoms with Gasteiger partial charge in [-0.15, -0.1) is 4.91 Å². The Labute approximate surface area is 72.8 Å². The van der Waals surface area contributed by atoms with Crippen molar-refractivity contribution in [2.75, 3.05) is 5.33 Å². The molecule has 1 atom stereocenters. The van der Waals surface area contributed by atoms with Crippen molar-refractivity contribution in [3.8, 4) is 0 Å². The number of nitroso groups, excluding NO2 is 1. The number of aliphatic hydroxyl groups is 1. The first-order chi connectivity index (χ1) is 5.29. The van der Waals surface area contributed by atoms with E-state index in [1.165, 1.54) is 5.18 Å².